The normalized spacial score (nSPS) is 31.7. The fourth-order valence-electron chi connectivity index (χ4n) is 4.26. The van der Waals surface area contributed by atoms with Crippen LogP contribution in [-0.2, 0) is 0 Å². The molecule has 0 aliphatic heterocycles. The molecule has 0 heterocycles. The van der Waals surface area contributed by atoms with E-state index in [-0.39, 0.29) is 0 Å². The second-order valence-corrected chi connectivity index (χ2v) is 11.5. The molecule has 21 heavy (non-hydrogen) atoms. The fourth-order valence-corrected chi connectivity index (χ4v) is 7.32. The van der Waals surface area contributed by atoms with Crippen molar-refractivity contribution in [2.24, 2.45) is 0 Å². The first kappa shape index (κ1) is 14.8. The van der Waals surface area contributed by atoms with Crippen molar-refractivity contribution in [3.05, 3.63) is 60.4 Å². The first-order chi connectivity index (χ1) is 10.2. The molecule has 0 unspecified atom stereocenters. The van der Waals surface area contributed by atoms with E-state index in [9.17, 15) is 0 Å². The summed E-state index contributed by atoms with van der Waals surface area (Å²) in [5.74, 6) is 6.11. The zero-order chi connectivity index (χ0) is 14.4. The minimum Gasteiger partial charge on any atom is -0.0684 e. The van der Waals surface area contributed by atoms with E-state index in [0.29, 0.717) is 0 Å². The maximum Gasteiger partial charge on any atom is 0.0634 e. The van der Waals surface area contributed by atoms with Gasteiger partial charge in [-0.2, -0.15) is 0 Å². The maximum atomic E-state index is 3.55. The Morgan fingerprint density at radius 3 is 1.52 bits per heavy atom. The molecular weight excluding hydrogens is 268 g/mol. The summed E-state index contributed by atoms with van der Waals surface area (Å²) in [4.78, 5) is 0. The van der Waals surface area contributed by atoms with Crippen LogP contribution >= 0.6 is 0 Å². The summed E-state index contributed by atoms with van der Waals surface area (Å²) in [7, 11) is -1.68. The van der Waals surface area contributed by atoms with E-state index in [1.54, 1.807) is 11.8 Å². The smallest absolute Gasteiger partial charge is 0.0634 e. The third kappa shape index (κ3) is 2.46. The predicted octanol–water partition coefficient (Wildman–Crippen LogP) is 4.72. The second-order valence-electron chi connectivity index (χ2n) is 7.20. The van der Waals surface area contributed by atoms with Gasteiger partial charge in [-0.05, 0) is 86.1 Å². The lowest BCUT2D eigenvalue weighted by Gasteiger charge is -2.43. The van der Waals surface area contributed by atoms with E-state index in [4.69, 9.17) is 0 Å². The third-order valence-electron chi connectivity index (χ3n) is 5.47. The van der Waals surface area contributed by atoms with Crippen LogP contribution in [0.5, 0.6) is 0 Å². The molecule has 106 valence electrons. The molecule has 4 aliphatic carbocycles. The third-order valence-corrected chi connectivity index (χ3v) is 8.82. The molecule has 0 aromatic carbocycles. The Hall–Kier alpha value is 0.217. The summed E-state index contributed by atoms with van der Waals surface area (Å²) in [5, 5.41) is 0. The van der Waals surface area contributed by atoms with Crippen LogP contribution in [0, 0.1) is 60.4 Å². The van der Waals surface area contributed by atoms with Gasteiger partial charge in [0, 0.05) is 0 Å². The molecule has 0 saturated heterocycles. The van der Waals surface area contributed by atoms with Gasteiger partial charge in [-0.3, -0.25) is 0 Å². The fraction of sp³-hybridized carbons (Fsp3) is 0.500. The Kier molecular flexibility index (Phi) is 4.01. The van der Waals surface area contributed by atoms with Crippen LogP contribution < -0.4 is 0 Å². The van der Waals surface area contributed by atoms with Crippen molar-refractivity contribution in [3.63, 3.8) is 0 Å². The molecule has 1 heteroatoms. The lowest BCUT2D eigenvalue weighted by atomic mass is 9.81. The van der Waals surface area contributed by atoms with Crippen molar-refractivity contribution in [3.8, 4) is 0 Å². The van der Waals surface area contributed by atoms with Crippen LogP contribution in [0.4, 0.5) is 0 Å². The Balaban J connectivity index is 1.52. The van der Waals surface area contributed by atoms with E-state index >= 15 is 0 Å². The first-order valence-electron chi connectivity index (χ1n) is 8.41. The average molecular weight is 290 g/mol. The van der Waals surface area contributed by atoms with Crippen LogP contribution in [0.3, 0.4) is 0 Å². The van der Waals surface area contributed by atoms with Gasteiger partial charge in [0.2, 0.25) is 0 Å². The van der Waals surface area contributed by atoms with Gasteiger partial charge in [-0.1, -0.05) is 38.8 Å². The van der Waals surface area contributed by atoms with E-state index in [0.717, 1.165) is 0 Å². The Labute approximate surface area is 133 Å². The summed E-state index contributed by atoms with van der Waals surface area (Å²) in [5.41, 5.74) is 3.03. The van der Waals surface area contributed by atoms with Crippen molar-refractivity contribution in [2.45, 2.75) is 64.5 Å². The molecule has 4 saturated carbocycles. The molecule has 0 bridgehead atoms. The largest absolute Gasteiger partial charge is 0.0684 e. The van der Waals surface area contributed by atoms with Gasteiger partial charge in [0.05, 0.1) is 8.07 Å². The molecule has 0 atom stereocenters. The molecule has 4 rings (SSSR count). The van der Waals surface area contributed by atoms with Crippen molar-refractivity contribution >= 4 is 8.07 Å². The van der Waals surface area contributed by atoms with Crippen LogP contribution in [-0.4, -0.2) is 8.07 Å². The Morgan fingerprint density at radius 1 is 0.619 bits per heavy atom. The molecule has 0 aromatic rings. The molecule has 4 fully saturated rings. The molecule has 0 spiro atoms. The summed E-state index contributed by atoms with van der Waals surface area (Å²) in [6.45, 7) is 4.96. The van der Waals surface area contributed by atoms with Crippen LogP contribution in [0.25, 0.3) is 0 Å². The van der Waals surface area contributed by atoms with Crippen molar-refractivity contribution in [1.82, 2.24) is 0 Å². The number of fused-ring (bicyclic) bond motifs is 2. The van der Waals surface area contributed by atoms with Crippen LogP contribution in [0.15, 0.2) is 0 Å². The highest BCUT2D eigenvalue weighted by atomic mass is 28.3. The van der Waals surface area contributed by atoms with Gasteiger partial charge in [-0.25, -0.2) is 0 Å². The highest BCUT2D eigenvalue weighted by Crippen LogP contribution is 2.59. The Morgan fingerprint density at radius 2 is 1.05 bits per heavy atom. The van der Waals surface area contributed by atoms with E-state index in [1.807, 2.05) is 0 Å². The molecule has 4 aliphatic rings. The van der Waals surface area contributed by atoms with Crippen LogP contribution in [0.1, 0.15) is 51.4 Å². The summed E-state index contributed by atoms with van der Waals surface area (Å²) < 4.78 is 0. The zero-order valence-corrected chi connectivity index (χ0v) is 14.2. The van der Waals surface area contributed by atoms with Crippen molar-refractivity contribution in [1.29, 1.82) is 0 Å². The van der Waals surface area contributed by atoms with E-state index in [1.165, 1.54) is 74.3 Å². The second kappa shape index (κ2) is 5.69. The average Bonchev–Trinajstić information content (AvgIpc) is 3.12. The minimum atomic E-state index is -1.68. The monoisotopic (exact) mass is 290 g/mol. The van der Waals surface area contributed by atoms with Gasteiger partial charge < -0.3 is 0 Å². The molecule has 0 amide bonds. The van der Waals surface area contributed by atoms with Crippen molar-refractivity contribution < 1.29 is 0 Å². The molecule has 0 N–H and O–H groups in total. The standard InChI is InChI=1S/C20H22Si/c1-21(2,19-13-11-15-7-3-5-9-17(15)19)20-14-12-16-8-4-6-10-18(16)20/h3-10H2,1-2H3. The van der Waals surface area contributed by atoms with Crippen LogP contribution in [0.2, 0.25) is 13.1 Å². The maximum absolute atomic E-state index is 3.55. The van der Waals surface area contributed by atoms with Gasteiger partial charge in [0.1, 0.15) is 0 Å². The zero-order valence-electron chi connectivity index (χ0n) is 13.2. The van der Waals surface area contributed by atoms with Gasteiger partial charge >= 0.3 is 0 Å². The van der Waals surface area contributed by atoms with Crippen molar-refractivity contribution in [2.75, 3.05) is 0 Å². The predicted molar refractivity (Wildman–Crippen MR) is 86.8 cm³/mol. The van der Waals surface area contributed by atoms with E-state index in [2.05, 4.69) is 38.8 Å². The summed E-state index contributed by atoms with van der Waals surface area (Å²) in [6, 6.07) is 0. The topological polar surface area (TPSA) is 0 Å². The molecule has 0 nitrogen and oxygen atoms in total. The number of hydrogen-bond donors (Lipinski definition) is 0. The quantitative estimate of drug-likeness (QED) is 0.646. The number of rotatable bonds is 2. The first-order valence-corrected chi connectivity index (χ1v) is 11.4. The summed E-state index contributed by atoms with van der Waals surface area (Å²) in [6.07, 6.45) is 24.3. The number of hydrogen-bond acceptors (Lipinski definition) is 0. The SMILES string of the molecule is C[Si](C)([C]1[C][C][C]2CCCC[C]21)[C]1[C][C][C]2CCCC[C]21. The lowest BCUT2D eigenvalue weighted by Crippen LogP contribution is -2.46. The highest BCUT2D eigenvalue weighted by molar-refractivity contribution is 6.90. The van der Waals surface area contributed by atoms with Gasteiger partial charge in [-0.15, -0.1) is 0 Å². The minimum absolute atomic E-state index is 1.21. The van der Waals surface area contributed by atoms with Gasteiger partial charge in [0.15, 0.2) is 0 Å². The molecular formula is C20H22Si. The Bertz CT molecular complexity index is 340. The van der Waals surface area contributed by atoms with Gasteiger partial charge in [0.25, 0.3) is 0 Å². The summed E-state index contributed by atoms with van der Waals surface area (Å²) >= 11 is 0. The van der Waals surface area contributed by atoms with E-state index < -0.39 is 8.07 Å². The lowest BCUT2D eigenvalue weighted by molar-refractivity contribution is 0.593. The molecule has 14 radical (unpaired) electrons. The molecule has 0 aromatic heterocycles. The highest BCUT2D eigenvalue weighted by Gasteiger charge is 2.55.